The molecule has 10 nitrogen and oxygen atoms in total. The van der Waals surface area contributed by atoms with Crippen LogP contribution in [0.25, 0.3) is 0 Å². The Labute approximate surface area is 211 Å². The van der Waals surface area contributed by atoms with Crippen molar-refractivity contribution in [3.05, 3.63) is 29.8 Å². The van der Waals surface area contributed by atoms with Crippen molar-refractivity contribution in [3.63, 3.8) is 0 Å². The van der Waals surface area contributed by atoms with E-state index in [-0.39, 0.29) is 42.6 Å². The number of hydrogen-bond acceptors (Lipinski definition) is 7. The molecule has 0 spiro atoms. The molecule has 0 saturated heterocycles. The standard InChI is InChI=1S/C24H38N4O6S/c1-13(2)9-18(22(31)27-19(24(33)34)10-14(3)4)26-23(32)20(12-35)28-21(30)17(25)11-15-5-7-16(29)8-6-15/h5-8,13-14,17-20,29,35H,9-12,25H2,1-4H3,(H,26,32)(H,27,31)(H,28,30)(H,33,34). The van der Waals surface area contributed by atoms with Crippen molar-refractivity contribution in [2.24, 2.45) is 17.6 Å². The maximum Gasteiger partial charge on any atom is 0.326 e. The van der Waals surface area contributed by atoms with Gasteiger partial charge in [-0.05, 0) is 48.8 Å². The third-order valence-electron chi connectivity index (χ3n) is 5.21. The smallest absolute Gasteiger partial charge is 0.326 e. The SMILES string of the molecule is CC(C)CC(NC(=O)C(CC(C)C)NC(=O)C(CS)NC(=O)C(N)Cc1ccc(O)cc1)C(=O)O. The Morgan fingerprint density at radius 1 is 0.829 bits per heavy atom. The van der Waals surface area contributed by atoms with Crippen molar-refractivity contribution >= 4 is 36.3 Å². The maximum absolute atomic E-state index is 12.9. The molecule has 196 valence electrons. The number of nitrogens with two attached hydrogens (primary N) is 1. The summed E-state index contributed by atoms with van der Waals surface area (Å²) in [5.74, 6) is -2.81. The average Bonchev–Trinajstić information content (AvgIpc) is 2.76. The molecule has 0 aliphatic rings. The van der Waals surface area contributed by atoms with Crippen LogP contribution in [-0.2, 0) is 25.6 Å². The number of carbonyl (C=O) groups excluding carboxylic acids is 3. The predicted octanol–water partition coefficient (Wildman–Crippen LogP) is 0.823. The van der Waals surface area contributed by atoms with Crippen LogP contribution in [0.1, 0.15) is 46.1 Å². The minimum Gasteiger partial charge on any atom is -0.508 e. The molecule has 7 N–H and O–H groups in total. The van der Waals surface area contributed by atoms with Crippen LogP contribution in [-0.4, -0.2) is 63.8 Å². The Hall–Kier alpha value is -2.79. The zero-order chi connectivity index (χ0) is 26.7. The fraction of sp³-hybridized carbons (Fsp3) is 0.583. The third kappa shape index (κ3) is 11.0. The molecule has 0 aliphatic carbocycles. The normalized spacial score (nSPS) is 14.6. The lowest BCUT2D eigenvalue weighted by atomic mass is 10.0. The largest absolute Gasteiger partial charge is 0.508 e. The minimum atomic E-state index is -1.15. The summed E-state index contributed by atoms with van der Waals surface area (Å²) >= 11 is 4.15. The summed E-state index contributed by atoms with van der Waals surface area (Å²) in [6.07, 6.45) is 0.717. The van der Waals surface area contributed by atoms with Gasteiger partial charge in [0.15, 0.2) is 0 Å². The number of rotatable bonds is 14. The van der Waals surface area contributed by atoms with Crippen molar-refractivity contribution in [1.82, 2.24) is 16.0 Å². The van der Waals surface area contributed by atoms with E-state index in [0.717, 1.165) is 5.56 Å². The number of benzene rings is 1. The highest BCUT2D eigenvalue weighted by atomic mass is 32.1. The molecule has 3 amide bonds. The van der Waals surface area contributed by atoms with Crippen LogP contribution in [0.15, 0.2) is 24.3 Å². The highest BCUT2D eigenvalue weighted by Crippen LogP contribution is 2.12. The highest BCUT2D eigenvalue weighted by molar-refractivity contribution is 7.80. The molecule has 0 saturated carbocycles. The number of carboxylic acid groups (broad SMARTS) is 1. The number of hydrogen-bond donors (Lipinski definition) is 7. The molecule has 0 bridgehead atoms. The van der Waals surface area contributed by atoms with E-state index in [4.69, 9.17) is 5.73 Å². The molecular weight excluding hydrogens is 472 g/mol. The number of carboxylic acids is 1. The highest BCUT2D eigenvalue weighted by Gasteiger charge is 2.30. The summed E-state index contributed by atoms with van der Waals surface area (Å²) in [6.45, 7) is 7.44. The quantitative estimate of drug-likeness (QED) is 0.182. The van der Waals surface area contributed by atoms with Crippen LogP contribution >= 0.6 is 12.6 Å². The van der Waals surface area contributed by atoms with E-state index in [0.29, 0.717) is 0 Å². The zero-order valence-electron chi connectivity index (χ0n) is 20.7. The molecule has 0 radical (unpaired) electrons. The number of thiol groups is 1. The Bertz CT molecular complexity index is 862. The number of nitrogens with one attached hydrogen (secondary N) is 3. The molecule has 1 aromatic carbocycles. The lowest BCUT2D eigenvalue weighted by molar-refractivity contribution is -0.142. The lowest BCUT2D eigenvalue weighted by Crippen LogP contribution is -2.58. The first-order chi connectivity index (χ1) is 16.3. The van der Waals surface area contributed by atoms with Gasteiger partial charge in [-0.3, -0.25) is 14.4 Å². The fourth-order valence-corrected chi connectivity index (χ4v) is 3.65. The van der Waals surface area contributed by atoms with E-state index in [1.165, 1.54) is 12.1 Å². The Morgan fingerprint density at radius 3 is 1.77 bits per heavy atom. The molecule has 0 fully saturated rings. The molecule has 1 aromatic rings. The first-order valence-corrected chi connectivity index (χ1v) is 12.3. The first kappa shape index (κ1) is 30.2. The topological polar surface area (TPSA) is 171 Å². The molecule has 0 heterocycles. The molecule has 0 aliphatic heterocycles. The monoisotopic (exact) mass is 510 g/mol. The zero-order valence-corrected chi connectivity index (χ0v) is 21.5. The molecular formula is C24H38N4O6S. The second-order valence-corrected chi connectivity index (χ2v) is 9.81. The summed E-state index contributed by atoms with van der Waals surface area (Å²) in [4.78, 5) is 49.8. The molecule has 1 rings (SSSR count). The van der Waals surface area contributed by atoms with Gasteiger partial charge >= 0.3 is 5.97 Å². The van der Waals surface area contributed by atoms with Crippen LogP contribution in [0, 0.1) is 11.8 Å². The van der Waals surface area contributed by atoms with Crippen LogP contribution in [0.4, 0.5) is 0 Å². The maximum atomic E-state index is 12.9. The van der Waals surface area contributed by atoms with Crippen LogP contribution in [0.2, 0.25) is 0 Å². The Balaban J connectivity index is 2.83. The van der Waals surface area contributed by atoms with E-state index in [2.05, 4.69) is 28.6 Å². The van der Waals surface area contributed by atoms with Gasteiger partial charge in [-0.15, -0.1) is 0 Å². The van der Waals surface area contributed by atoms with Gasteiger partial charge in [-0.25, -0.2) is 4.79 Å². The summed E-state index contributed by atoms with van der Waals surface area (Å²) in [7, 11) is 0. The minimum absolute atomic E-state index is 0.0298. The van der Waals surface area contributed by atoms with Gasteiger partial charge in [0, 0.05) is 5.75 Å². The molecule has 11 heteroatoms. The van der Waals surface area contributed by atoms with Crippen molar-refractivity contribution < 1.29 is 29.4 Å². The van der Waals surface area contributed by atoms with Gasteiger partial charge in [0.1, 0.15) is 23.9 Å². The fourth-order valence-electron chi connectivity index (χ4n) is 3.39. The van der Waals surface area contributed by atoms with E-state index in [1.54, 1.807) is 12.1 Å². The average molecular weight is 511 g/mol. The van der Waals surface area contributed by atoms with Crippen molar-refractivity contribution in [2.75, 3.05) is 5.75 Å². The van der Waals surface area contributed by atoms with Crippen LogP contribution in [0.5, 0.6) is 5.75 Å². The van der Waals surface area contributed by atoms with E-state index in [1.807, 2.05) is 27.7 Å². The molecule has 4 unspecified atom stereocenters. The molecule has 0 aromatic heterocycles. The summed E-state index contributed by atoms with van der Waals surface area (Å²) < 4.78 is 0. The van der Waals surface area contributed by atoms with Crippen LogP contribution < -0.4 is 21.7 Å². The summed E-state index contributed by atoms with van der Waals surface area (Å²) in [5, 5.41) is 26.5. The number of carbonyl (C=O) groups is 4. The van der Waals surface area contributed by atoms with E-state index >= 15 is 0 Å². The van der Waals surface area contributed by atoms with Gasteiger partial charge in [0.05, 0.1) is 6.04 Å². The lowest BCUT2D eigenvalue weighted by Gasteiger charge is -2.26. The third-order valence-corrected chi connectivity index (χ3v) is 5.57. The second-order valence-electron chi connectivity index (χ2n) is 9.44. The first-order valence-electron chi connectivity index (χ1n) is 11.6. The number of phenols is 1. The number of amides is 3. The van der Waals surface area contributed by atoms with Gasteiger partial charge in [-0.2, -0.15) is 12.6 Å². The van der Waals surface area contributed by atoms with Gasteiger partial charge in [0.25, 0.3) is 0 Å². The van der Waals surface area contributed by atoms with Gasteiger partial charge in [-0.1, -0.05) is 39.8 Å². The Kier molecular flexibility index (Phi) is 12.6. The summed E-state index contributed by atoms with van der Waals surface area (Å²) in [6, 6.07) is 2.20. The predicted molar refractivity (Wildman–Crippen MR) is 136 cm³/mol. The van der Waals surface area contributed by atoms with Crippen molar-refractivity contribution in [2.45, 2.75) is 71.1 Å². The molecule has 4 atom stereocenters. The summed E-state index contributed by atoms with van der Waals surface area (Å²) in [5.41, 5.74) is 6.71. The van der Waals surface area contributed by atoms with E-state index < -0.39 is 47.9 Å². The van der Waals surface area contributed by atoms with Crippen molar-refractivity contribution in [3.8, 4) is 5.75 Å². The van der Waals surface area contributed by atoms with Crippen molar-refractivity contribution in [1.29, 1.82) is 0 Å². The van der Waals surface area contributed by atoms with Gasteiger partial charge < -0.3 is 31.9 Å². The second kappa shape index (κ2) is 14.6. The van der Waals surface area contributed by atoms with Crippen LogP contribution in [0.3, 0.4) is 0 Å². The number of aromatic hydroxyl groups is 1. The molecule has 35 heavy (non-hydrogen) atoms. The van der Waals surface area contributed by atoms with Gasteiger partial charge in [0.2, 0.25) is 17.7 Å². The number of phenolic OH excluding ortho intramolecular Hbond substituents is 1. The number of aliphatic carboxylic acids is 1. The Morgan fingerprint density at radius 2 is 1.29 bits per heavy atom. The van der Waals surface area contributed by atoms with E-state index in [9.17, 15) is 29.4 Å².